The molecule has 1 unspecified atom stereocenters. The zero-order valence-corrected chi connectivity index (χ0v) is 11.0. The minimum Gasteiger partial charge on any atom is -0.457 e. The molecule has 0 saturated carbocycles. The molecule has 0 saturated heterocycles. The third kappa shape index (κ3) is 2.01. The number of aromatic nitrogens is 1. The van der Waals surface area contributed by atoms with Crippen LogP contribution >= 0.6 is 0 Å². The molecule has 22 heavy (non-hydrogen) atoms. The molecule has 7 heteroatoms. The second kappa shape index (κ2) is 4.74. The van der Waals surface area contributed by atoms with Gasteiger partial charge in [-0.1, -0.05) is 12.1 Å². The summed E-state index contributed by atoms with van der Waals surface area (Å²) in [5, 5.41) is 10.4. The van der Waals surface area contributed by atoms with E-state index in [0.29, 0.717) is 6.07 Å². The number of rotatable bonds is 2. The van der Waals surface area contributed by atoms with E-state index >= 15 is 0 Å². The molecular weight excluding hydrogens is 299 g/mol. The van der Waals surface area contributed by atoms with Crippen molar-refractivity contribution in [3.8, 4) is 0 Å². The molecule has 0 aliphatic heterocycles. The minimum absolute atomic E-state index is 0.0285. The number of aliphatic hydroxyl groups is 1. The Morgan fingerprint density at radius 2 is 1.82 bits per heavy atom. The van der Waals surface area contributed by atoms with Crippen molar-refractivity contribution in [2.75, 3.05) is 0 Å². The maximum atomic E-state index is 13.5. The molecule has 3 rings (SSSR count). The summed E-state index contributed by atoms with van der Waals surface area (Å²) >= 11 is 0. The predicted octanol–water partition coefficient (Wildman–Crippen LogP) is 2.92. The van der Waals surface area contributed by atoms with E-state index in [1.807, 2.05) is 0 Å². The fourth-order valence-electron chi connectivity index (χ4n) is 2.26. The number of H-pyrrole nitrogens is 1. The van der Waals surface area contributed by atoms with Crippen molar-refractivity contribution in [1.82, 2.24) is 4.98 Å². The molecule has 0 bridgehead atoms. The van der Waals surface area contributed by atoms with Gasteiger partial charge in [0, 0.05) is 12.3 Å². The number of hydrogen-bond acceptors (Lipinski definition) is 3. The lowest BCUT2D eigenvalue weighted by Crippen LogP contribution is -2.44. The lowest BCUT2D eigenvalue weighted by atomic mass is 9.95. The Morgan fingerprint density at radius 1 is 1.09 bits per heavy atom. The third-order valence-electron chi connectivity index (χ3n) is 3.39. The summed E-state index contributed by atoms with van der Waals surface area (Å²) in [4.78, 5) is 14.3. The minimum atomic E-state index is -5.07. The van der Waals surface area contributed by atoms with Crippen LogP contribution in [0.4, 0.5) is 13.2 Å². The first kappa shape index (κ1) is 14.4. The molecule has 0 radical (unpaired) electrons. The molecule has 0 aliphatic carbocycles. The number of halogens is 3. The van der Waals surface area contributed by atoms with E-state index < -0.39 is 28.7 Å². The van der Waals surface area contributed by atoms with Crippen molar-refractivity contribution in [2.24, 2.45) is 0 Å². The van der Waals surface area contributed by atoms with E-state index in [0.717, 1.165) is 6.07 Å². The highest BCUT2D eigenvalue weighted by atomic mass is 19.4. The van der Waals surface area contributed by atoms with Crippen LogP contribution in [0.15, 0.2) is 57.9 Å². The van der Waals surface area contributed by atoms with E-state index in [9.17, 15) is 23.1 Å². The topological polar surface area (TPSA) is 66.2 Å². The van der Waals surface area contributed by atoms with Gasteiger partial charge in [-0.25, -0.2) is 0 Å². The van der Waals surface area contributed by atoms with Crippen LogP contribution in [0, 0.1) is 0 Å². The Morgan fingerprint density at radius 3 is 2.45 bits per heavy atom. The molecule has 2 aromatic heterocycles. The normalized spacial score (nSPS) is 14.9. The lowest BCUT2D eigenvalue weighted by molar-refractivity contribution is -0.255. The maximum absolute atomic E-state index is 13.5. The maximum Gasteiger partial charge on any atom is 0.430 e. The Bertz CT molecular complexity index is 868. The smallest absolute Gasteiger partial charge is 0.430 e. The van der Waals surface area contributed by atoms with Crippen molar-refractivity contribution in [1.29, 1.82) is 0 Å². The number of benzene rings is 1. The number of fused-ring (bicyclic) bond motifs is 1. The fourth-order valence-corrected chi connectivity index (χ4v) is 2.26. The van der Waals surface area contributed by atoms with Crippen LogP contribution < -0.4 is 5.43 Å². The van der Waals surface area contributed by atoms with E-state index in [1.165, 1.54) is 30.5 Å². The van der Waals surface area contributed by atoms with Crippen molar-refractivity contribution in [3.05, 3.63) is 70.3 Å². The number of alkyl halides is 3. The van der Waals surface area contributed by atoms with Crippen LogP contribution in [0.3, 0.4) is 0 Å². The molecule has 3 aromatic rings. The summed E-state index contributed by atoms with van der Waals surface area (Å²) in [5.74, 6) is -0.883. The predicted molar refractivity (Wildman–Crippen MR) is 72.3 cm³/mol. The first-order chi connectivity index (χ1) is 10.3. The Labute approximate surface area is 121 Å². The van der Waals surface area contributed by atoms with Gasteiger partial charge in [0.25, 0.3) is 5.60 Å². The first-order valence-corrected chi connectivity index (χ1v) is 6.30. The van der Waals surface area contributed by atoms with E-state index in [4.69, 9.17) is 4.42 Å². The highest BCUT2D eigenvalue weighted by Crippen LogP contribution is 2.43. The van der Waals surface area contributed by atoms with Crippen LogP contribution in [-0.2, 0) is 5.60 Å². The SMILES string of the molecule is O=c1cc(C(O)(c2ccc[nH]2)C(F)(F)F)oc2ccccc12. The number of nitrogens with one attached hydrogen (secondary N) is 1. The lowest BCUT2D eigenvalue weighted by Gasteiger charge is -2.28. The average molecular weight is 309 g/mol. The summed E-state index contributed by atoms with van der Waals surface area (Å²) in [5.41, 5.74) is -4.65. The van der Waals surface area contributed by atoms with Gasteiger partial charge in [-0.15, -0.1) is 0 Å². The molecule has 0 amide bonds. The molecule has 0 spiro atoms. The van der Waals surface area contributed by atoms with Crippen molar-refractivity contribution < 1.29 is 22.7 Å². The zero-order chi connectivity index (χ0) is 16.0. The van der Waals surface area contributed by atoms with E-state index in [1.54, 1.807) is 6.07 Å². The van der Waals surface area contributed by atoms with Crippen molar-refractivity contribution in [3.63, 3.8) is 0 Å². The van der Waals surface area contributed by atoms with Crippen LogP contribution in [0.2, 0.25) is 0 Å². The van der Waals surface area contributed by atoms with Crippen molar-refractivity contribution >= 4 is 11.0 Å². The Hall–Kier alpha value is -2.54. The third-order valence-corrected chi connectivity index (χ3v) is 3.39. The first-order valence-electron chi connectivity index (χ1n) is 6.30. The molecule has 0 fully saturated rings. The average Bonchev–Trinajstić information content (AvgIpc) is 2.99. The molecule has 114 valence electrons. The summed E-state index contributed by atoms with van der Waals surface area (Å²) < 4.78 is 45.5. The number of aromatic amines is 1. The van der Waals surface area contributed by atoms with Gasteiger partial charge in [-0.3, -0.25) is 4.79 Å². The summed E-state index contributed by atoms with van der Waals surface area (Å²) in [6.45, 7) is 0. The van der Waals surface area contributed by atoms with Crippen LogP contribution in [0.1, 0.15) is 11.5 Å². The van der Waals surface area contributed by atoms with Crippen LogP contribution in [0.5, 0.6) is 0 Å². The quantitative estimate of drug-likeness (QED) is 0.765. The van der Waals surface area contributed by atoms with E-state index in [-0.39, 0.29) is 11.0 Å². The van der Waals surface area contributed by atoms with Crippen LogP contribution in [-0.4, -0.2) is 16.3 Å². The highest BCUT2D eigenvalue weighted by molar-refractivity contribution is 5.76. The van der Waals surface area contributed by atoms with E-state index in [2.05, 4.69) is 4.98 Å². The summed E-state index contributed by atoms with van der Waals surface area (Å²) in [7, 11) is 0. The molecular formula is C15H10F3NO3. The summed E-state index contributed by atoms with van der Waals surface area (Å²) in [6.07, 6.45) is -3.83. The molecule has 2 heterocycles. The molecule has 1 aromatic carbocycles. The van der Waals surface area contributed by atoms with Crippen LogP contribution in [0.25, 0.3) is 11.0 Å². The number of para-hydroxylation sites is 1. The monoisotopic (exact) mass is 309 g/mol. The van der Waals surface area contributed by atoms with Gasteiger partial charge in [0.05, 0.1) is 11.1 Å². The molecule has 2 N–H and O–H groups in total. The van der Waals surface area contributed by atoms with Gasteiger partial charge in [-0.2, -0.15) is 13.2 Å². The van der Waals surface area contributed by atoms with Gasteiger partial charge in [0.2, 0.25) is 0 Å². The molecule has 0 aliphatic rings. The Kier molecular flexibility index (Phi) is 3.10. The largest absolute Gasteiger partial charge is 0.457 e. The zero-order valence-electron chi connectivity index (χ0n) is 11.0. The van der Waals surface area contributed by atoms with Gasteiger partial charge in [0.1, 0.15) is 5.58 Å². The van der Waals surface area contributed by atoms with Crippen molar-refractivity contribution in [2.45, 2.75) is 11.8 Å². The standard InChI is InChI=1S/C15H10F3NO3/c16-15(17,18)14(21,12-6-3-7-19-12)13-8-10(20)9-4-1-2-5-11(9)22-13/h1-8,19,21H. The Balaban J connectivity index is 2.33. The fraction of sp³-hybridized carbons (Fsp3) is 0.133. The van der Waals surface area contributed by atoms with Gasteiger partial charge < -0.3 is 14.5 Å². The van der Waals surface area contributed by atoms with Gasteiger partial charge in [0.15, 0.2) is 11.2 Å². The second-order valence-corrected chi connectivity index (χ2v) is 4.76. The number of hydrogen-bond donors (Lipinski definition) is 2. The second-order valence-electron chi connectivity index (χ2n) is 4.76. The van der Waals surface area contributed by atoms with Gasteiger partial charge >= 0.3 is 6.18 Å². The van der Waals surface area contributed by atoms with Gasteiger partial charge in [-0.05, 0) is 24.3 Å². The highest BCUT2D eigenvalue weighted by Gasteiger charge is 2.59. The molecule has 4 nitrogen and oxygen atoms in total. The summed E-state index contributed by atoms with van der Waals surface area (Å²) in [6, 6.07) is 8.94. The molecule has 1 atom stereocenters.